The first-order valence-corrected chi connectivity index (χ1v) is 4.55. The molecule has 0 saturated carbocycles. The third-order valence-electron chi connectivity index (χ3n) is 2.19. The van der Waals surface area contributed by atoms with E-state index in [2.05, 4.69) is 0 Å². The van der Waals surface area contributed by atoms with Crippen LogP contribution in [0.15, 0.2) is 24.3 Å². The zero-order chi connectivity index (χ0) is 10.6. The van der Waals surface area contributed by atoms with Crippen molar-refractivity contribution in [1.82, 2.24) is 0 Å². The number of carbonyl (C=O) groups is 1. The molecule has 1 aromatic rings. The fourth-order valence-electron chi connectivity index (χ4n) is 1.49. The zero-order valence-corrected chi connectivity index (χ0v) is 8.36. The standard InChI is InChI=1S/C11H14O3/c1-3-10(14-2)8-6-4-5-7-9(8)11(12)13/h4-7,10H,3H2,1-2H3,(H,12,13). The van der Waals surface area contributed by atoms with E-state index in [1.807, 2.05) is 13.0 Å². The number of carboxylic acid groups (broad SMARTS) is 1. The second-order valence-corrected chi connectivity index (χ2v) is 3.02. The lowest BCUT2D eigenvalue weighted by Crippen LogP contribution is -2.08. The molecule has 0 saturated heterocycles. The lowest BCUT2D eigenvalue weighted by molar-refractivity contribution is 0.0675. The number of rotatable bonds is 4. The molecule has 0 fully saturated rings. The molecule has 0 bridgehead atoms. The molecule has 0 amide bonds. The van der Waals surface area contributed by atoms with E-state index in [9.17, 15) is 4.79 Å². The molecule has 1 aromatic carbocycles. The quantitative estimate of drug-likeness (QED) is 0.800. The van der Waals surface area contributed by atoms with E-state index in [4.69, 9.17) is 9.84 Å². The van der Waals surface area contributed by atoms with Crippen molar-refractivity contribution in [3.63, 3.8) is 0 Å². The highest BCUT2D eigenvalue weighted by Crippen LogP contribution is 2.23. The van der Waals surface area contributed by atoms with Gasteiger partial charge in [0, 0.05) is 7.11 Å². The minimum Gasteiger partial charge on any atom is -0.478 e. The van der Waals surface area contributed by atoms with Crippen molar-refractivity contribution >= 4 is 5.97 Å². The number of carboxylic acids is 1. The predicted molar refractivity (Wildman–Crippen MR) is 53.4 cm³/mol. The topological polar surface area (TPSA) is 46.5 Å². The summed E-state index contributed by atoms with van der Waals surface area (Å²) in [6.07, 6.45) is 0.628. The van der Waals surface area contributed by atoms with Crippen molar-refractivity contribution in [1.29, 1.82) is 0 Å². The Morgan fingerprint density at radius 1 is 1.50 bits per heavy atom. The number of hydrogen-bond acceptors (Lipinski definition) is 2. The molecule has 76 valence electrons. The predicted octanol–water partition coefficient (Wildman–Crippen LogP) is 2.48. The summed E-state index contributed by atoms with van der Waals surface area (Å²) >= 11 is 0. The van der Waals surface area contributed by atoms with Gasteiger partial charge in [0.1, 0.15) is 0 Å². The molecule has 0 radical (unpaired) electrons. The SMILES string of the molecule is CCC(OC)c1ccccc1C(=O)O. The number of benzene rings is 1. The molecule has 0 heterocycles. The summed E-state index contributed by atoms with van der Waals surface area (Å²) in [4.78, 5) is 10.9. The van der Waals surface area contributed by atoms with E-state index >= 15 is 0 Å². The molecular formula is C11H14O3. The first-order chi connectivity index (χ1) is 6.70. The first kappa shape index (κ1) is 10.7. The smallest absolute Gasteiger partial charge is 0.336 e. The van der Waals surface area contributed by atoms with E-state index in [-0.39, 0.29) is 6.10 Å². The fourth-order valence-corrected chi connectivity index (χ4v) is 1.49. The Kier molecular flexibility index (Phi) is 3.65. The Hall–Kier alpha value is -1.35. The maximum Gasteiger partial charge on any atom is 0.336 e. The molecule has 0 aliphatic heterocycles. The summed E-state index contributed by atoms with van der Waals surface area (Å²) in [5.74, 6) is -0.906. The lowest BCUT2D eigenvalue weighted by Gasteiger charge is -2.15. The Morgan fingerprint density at radius 2 is 2.14 bits per heavy atom. The highest BCUT2D eigenvalue weighted by atomic mass is 16.5. The fraction of sp³-hybridized carbons (Fsp3) is 0.364. The number of methoxy groups -OCH3 is 1. The maximum absolute atomic E-state index is 10.9. The molecule has 3 heteroatoms. The van der Waals surface area contributed by atoms with Crippen LogP contribution in [0.5, 0.6) is 0 Å². The first-order valence-electron chi connectivity index (χ1n) is 4.55. The van der Waals surface area contributed by atoms with Gasteiger partial charge in [0.15, 0.2) is 0 Å². The van der Waals surface area contributed by atoms with Crippen molar-refractivity contribution in [2.75, 3.05) is 7.11 Å². The third-order valence-corrected chi connectivity index (χ3v) is 2.19. The Bertz CT molecular complexity index is 316. The van der Waals surface area contributed by atoms with Gasteiger partial charge in [0.25, 0.3) is 0 Å². The van der Waals surface area contributed by atoms with E-state index in [0.29, 0.717) is 5.56 Å². The lowest BCUT2D eigenvalue weighted by atomic mass is 10.0. The van der Waals surface area contributed by atoms with E-state index in [0.717, 1.165) is 12.0 Å². The van der Waals surface area contributed by atoms with Gasteiger partial charge in [-0.05, 0) is 18.1 Å². The van der Waals surface area contributed by atoms with Gasteiger partial charge >= 0.3 is 5.97 Å². The molecule has 0 spiro atoms. The molecule has 1 rings (SSSR count). The van der Waals surface area contributed by atoms with Crippen LogP contribution in [0.4, 0.5) is 0 Å². The van der Waals surface area contributed by atoms with Crippen molar-refractivity contribution in [3.8, 4) is 0 Å². The van der Waals surface area contributed by atoms with Crippen LogP contribution in [0.25, 0.3) is 0 Å². The van der Waals surface area contributed by atoms with E-state index in [1.165, 1.54) is 0 Å². The second-order valence-electron chi connectivity index (χ2n) is 3.02. The highest BCUT2D eigenvalue weighted by Gasteiger charge is 2.15. The largest absolute Gasteiger partial charge is 0.478 e. The van der Waals surface area contributed by atoms with Gasteiger partial charge in [-0.1, -0.05) is 25.1 Å². The Balaban J connectivity index is 3.11. The van der Waals surface area contributed by atoms with Crippen molar-refractivity contribution in [3.05, 3.63) is 35.4 Å². The van der Waals surface area contributed by atoms with Gasteiger partial charge in [-0.15, -0.1) is 0 Å². The van der Waals surface area contributed by atoms with Crippen LogP contribution in [0.2, 0.25) is 0 Å². The maximum atomic E-state index is 10.9. The van der Waals surface area contributed by atoms with Gasteiger partial charge in [-0.25, -0.2) is 4.79 Å². The van der Waals surface area contributed by atoms with Gasteiger partial charge < -0.3 is 9.84 Å². The molecule has 1 N–H and O–H groups in total. The van der Waals surface area contributed by atoms with Gasteiger partial charge in [-0.3, -0.25) is 0 Å². The van der Waals surface area contributed by atoms with Crippen LogP contribution < -0.4 is 0 Å². The van der Waals surface area contributed by atoms with Crippen molar-refractivity contribution in [2.24, 2.45) is 0 Å². The third kappa shape index (κ3) is 2.12. The molecular weight excluding hydrogens is 180 g/mol. The summed E-state index contributed by atoms with van der Waals surface area (Å²) in [5.41, 5.74) is 1.06. The van der Waals surface area contributed by atoms with Gasteiger partial charge in [-0.2, -0.15) is 0 Å². The van der Waals surface area contributed by atoms with Crippen LogP contribution in [0.3, 0.4) is 0 Å². The van der Waals surface area contributed by atoms with E-state index < -0.39 is 5.97 Å². The minimum atomic E-state index is -0.906. The number of aromatic carboxylic acids is 1. The van der Waals surface area contributed by atoms with Crippen LogP contribution in [-0.2, 0) is 4.74 Å². The second kappa shape index (κ2) is 4.77. The summed E-state index contributed by atoms with van der Waals surface area (Å²) in [7, 11) is 1.59. The molecule has 0 aromatic heterocycles. The van der Waals surface area contributed by atoms with Crippen LogP contribution in [-0.4, -0.2) is 18.2 Å². The molecule has 1 atom stereocenters. The average molecular weight is 194 g/mol. The monoisotopic (exact) mass is 194 g/mol. The molecule has 0 aliphatic rings. The van der Waals surface area contributed by atoms with Gasteiger partial charge in [0.05, 0.1) is 11.7 Å². The summed E-state index contributed by atoms with van der Waals surface area (Å²) in [6.45, 7) is 1.97. The average Bonchev–Trinajstić information content (AvgIpc) is 2.20. The Morgan fingerprint density at radius 3 is 2.64 bits per heavy atom. The van der Waals surface area contributed by atoms with Crippen LogP contribution in [0, 0.1) is 0 Å². The minimum absolute atomic E-state index is 0.137. The molecule has 3 nitrogen and oxygen atoms in total. The highest BCUT2D eigenvalue weighted by molar-refractivity contribution is 5.89. The normalized spacial score (nSPS) is 12.4. The number of hydrogen-bond donors (Lipinski definition) is 1. The van der Waals surface area contributed by atoms with Crippen molar-refractivity contribution < 1.29 is 14.6 Å². The molecule has 1 unspecified atom stereocenters. The van der Waals surface area contributed by atoms with E-state index in [1.54, 1.807) is 25.3 Å². The van der Waals surface area contributed by atoms with Crippen molar-refractivity contribution in [2.45, 2.75) is 19.4 Å². The summed E-state index contributed by atoms with van der Waals surface area (Å²) in [5, 5.41) is 8.95. The summed E-state index contributed by atoms with van der Waals surface area (Å²) < 4.78 is 5.21. The van der Waals surface area contributed by atoms with Crippen LogP contribution in [0.1, 0.15) is 35.4 Å². The van der Waals surface area contributed by atoms with Gasteiger partial charge in [0.2, 0.25) is 0 Å². The molecule has 14 heavy (non-hydrogen) atoms. The Labute approximate surface area is 83.3 Å². The number of ether oxygens (including phenoxy) is 1. The molecule has 0 aliphatic carbocycles. The van der Waals surface area contributed by atoms with Crippen LogP contribution >= 0.6 is 0 Å². The zero-order valence-electron chi connectivity index (χ0n) is 8.36. The summed E-state index contributed by atoms with van der Waals surface area (Å²) in [6, 6.07) is 6.93.